The number of pyridine rings is 1. The van der Waals surface area contributed by atoms with Crippen LogP contribution in [-0.4, -0.2) is 25.2 Å². The number of hydrogen-bond donors (Lipinski definition) is 1. The minimum Gasteiger partial charge on any atom is -0.385 e. The Bertz CT molecular complexity index is 291. The second kappa shape index (κ2) is 5.98. The van der Waals surface area contributed by atoms with Gasteiger partial charge in [0.1, 0.15) is 5.82 Å². The molecule has 1 N–H and O–H groups in total. The Balaban J connectivity index is 2.39. The molecule has 0 aliphatic rings. The summed E-state index contributed by atoms with van der Waals surface area (Å²) in [5.41, 5.74) is 1.19. The highest BCUT2D eigenvalue weighted by atomic mass is 79.9. The van der Waals surface area contributed by atoms with Gasteiger partial charge in [-0.15, -0.1) is 0 Å². The molecule has 1 rings (SSSR count). The standard InChI is InChI=1S/C10H15BrN2O/c1-8-6-10(13-7-9(8)11)12-4-3-5-14-2/h6-7H,3-5H2,1-2H3,(H,12,13). The molecule has 1 heterocycles. The zero-order valence-corrected chi connectivity index (χ0v) is 10.1. The average Bonchev–Trinajstić information content (AvgIpc) is 2.18. The summed E-state index contributed by atoms with van der Waals surface area (Å²) < 4.78 is 6.00. The Morgan fingerprint density at radius 1 is 1.57 bits per heavy atom. The summed E-state index contributed by atoms with van der Waals surface area (Å²) in [6, 6.07) is 2.02. The fraction of sp³-hybridized carbons (Fsp3) is 0.500. The van der Waals surface area contributed by atoms with E-state index < -0.39 is 0 Å². The van der Waals surface area contributed by atoms with E-state index in [9.17, 15) is 0 Å². The quantitative estimate of drug-likeness (QED) is 0.825. The van der Waals surface area contributed by atoms with Crippen LogP contribution in [0.1, 0.15) is 12.0 Å². The second-order valence-electron chi connectivity index (χ2n) is 3.09. The summed E-state index contributed by atoms with van der Waals surface area (Å²) in [6.45, 7) is 3.72. The highest BCUT2D eigenvalue weighted by molar-refractivity contribution is 9.10. The van der Waals surface area contributed by atoms with Gasteiger partial charge in [-0.2, -0.15) is 0 Å². The molecule has 0 bridgehead atoms. The number of methoxy groups -OCH3 is 1. The van der Waals surface area contributed by atoms with E-state index in [1.54, 1.807) is 7.11 Å². The van der Waals surface area contributed by atoms with Crippen LogP contribution in [0.4, 0.5) is 5.82 Å². The fourth-order valence-electron chi connectivity index (χ4n) is 1.07. The third-order valence-electron chi connectivity index (χ3n) is 1.88. The van der Waals surface area contributed by atoms with Gasteiger partial charge in [-0.05, 0) is 40.9 Å². The Morgan fingerprint density at radius 2 is 2.36 bits per heavy atom. The molecule has 3 nitrogen and oxygen atoms in total. The maximum Gasteiger partial charge on any atom is 0.126 e. The number of halogens is 1. The average molecular weight is 259 g/mol. The fourth-order valence-corrected chi connectivity index (χ4v) is 1.29. The Kier molecular flexibility index (Phi) is 4.90. The zero-order chi connectivity index (χ0) is 10.4. The molecule has 4 heteroatoms. The summed E-state index contributed by atoms with van der Waals surface area (Å²) in [4.78, 5) is 4.24. The Hall–Kier alpha value is -0.610. The molecule has 0 saturated heterocycles. The van der Waals surface area contributed by atoms with E-state index in [0.29, 0.717) is 0 Å². The summed E-state index contributed by atoms with van der Waals surface area (Å²) in [7, 11) is 1.71. The molecule has 0 unspecified atom stereocenters. The third-order valence-corrected chi connectivity index (χ3v) is 2.71. The number of anilines is 1. The number of rotatable bonds is 5. The van der Waals surface area contributed by atoms with Crippen LogP contribution in [0.15, 0.2) is 16.7 Å². The van der Waals surface area contributed by atoms with Crippen LogP contribution in [0.5, 0.6) is 0 Å². The van der Waals surface area contributed by atoms with Crippen molar-refractivity contribution in [3.05, 3.63) is 22.3 Å². The van der Waals surface area contributed by atoms with E-state index in [2.05, 4.69) is 26.2 Å². The predicted molar refractivity (Wildman–Crippen MR) is 61.7 cm³/mol. The first-order chi connectivity index (χ1) is 6.74. The van der Waals surface area contributed by atoms with Crippen LogP contribution in [0.2, 0.25) is 0 Å². The van der Waals surface area contributed by atoms with Crippen molar-refractivity contribution in [2.24, 2.45) is 0 Å². The second-order valence-corrected chi connectivity index (χ2v) is 3.95. The lowest BCUT2D eigenvalue weighted by Crippen LogP contribution is -2.06. The van der Waals surface area contributed by atoms with Crippen LogP contribution < -0.4 is 5.32 Å². The van der Waals surface area contributed by atoms with Crippen LogP contribution in [0.25, 0.3) is 0 Å². The number of nitrogens with zero attached hydrogens (tertiary/aromatic N) is 1. The molecular weight excluding hydrogens is 244 g/mol. The lowest BCUT2D eigenvalue weighted by molar-refractivity contribution is 0.198. The predicted octanol–water partition coefficient (Wildman–Crippen LogP) is 2.60. The molecule has 1 aromatic rings. The van der Waals surface area contributed by atoms with E-state index in [-0.39, 0.29) is 0 Å². The van der Waals surface area contributed by atoms with E-state index in [0.717, 1.165) is 29.9 Å². The van der Waals surface area contributed by atoms with Crippen molar-refractivity contribution in [1.29, 1.82) is 0 Å². The van der Waals surface area contributed by atoms with Crippen molar-refractivity contribution in [3.8, 4) is 0 Å². The molecule has 78 valence electrons. The van der Waals surface area contributed by atoms with Gasteiger partial charge in [-0.1, -0.05) is 0 Å². The molecule has 1 aromatic heterocycles. The molecule has 0 fully saturated rings. The first kappa shape index (κ1) is 11.5. The van der Waals surface area contributed by atoms with E-state index in [1.807, 2.05) is 19.2 Å². The minimum absolute atomic E-state index is 0.780. The van der Waals surface area contributed by atoms with Gasteiger partial charge in [-0.25, -0.2) is 4.98 Å². The van der Waals surface area contributed by atoms with Crippen LogP contribution in [0.3, 0.4) is 0 Å². The first-order valence-electron chi connectivity index (χ1n) is 4.59. The Morgan fingerprint density at radius 3 is 3.00 bits per heavy atom. The van der Waals surface area contributed by atoms with Crippen LogP contribution >= 0.6 is 15.9 Å². The van der Waals surface area contributed by atoms with Crippen molar-refractivity contribution in [2.75, 3.05) is 25.6 Å². The maximum atomic E-state index is 4.95. The van der Waals surface area contributed by atoms with Gasteiger partial charge in [0.2, 0.25) is 0 Å². The number of aromatic nitrogens is 1. The van der Waals surface area contributed by atoms with Crippen molar-refractivity contribution in [2.45, 2.75) is 13.3 Å². The molecule has 0 spiro atoms. The van der Waals surface area contributed by atoms with Gasteiger partial charge < -0.3 is 10.1 Å². The SMILES string of the molecule is COCCCNc1cc(C)c(Br)cn1. The lowest BCUT2D eigenvalue weighted by atomic mass is 10.3. The van der Waals surface area contributed by atoms with Gasteiger partial charge in [0.15, 0.2) is 0 Å². The number of hydrogen-bond acceptors (Lipinski definition) is 3. The molecule has 0 aromatic carbocycles. The van der Waals surface area contributed by atoms with Gasteiger partial charge in [0.25, 0.3) is 0 Å². The van der Waals surface area contributed by atoms with E-state index >= 15 is 0 Å². The normalized spacial score (nSPS) is 10.2. The molecule has 0 aliphatic carbocycles. The monoisotopic (exact) mass is 258 g/mol. The van der Waals surface area contributed by atoms with Crippen molar-refractivity contribution < 1.29 is 4.74 Å². The van der Waals surface area contributed by atoms with Gasteiger partial charge in [0.05, 0.1) is 0 Å². The highest BCUT2D eigenvalue weighted by Gasteiger charge is 1.97. The van der Waals surface area contributed by atoms with Crippen molar-refractivity contribution >= 4 is 21.7 Å². The maximum absolute atomic E-state index is 4.95. The topological polar surface area (TPSA) is 34.1 Å². The molecular formula is C10H15BrN2O. The largest absolute Gasteiger partial charge is 0.385 e. The molecule has 0 radical (unpaired) electrons. The van der Waals surface area contributed by atoms with Crippen LogP contribution in [-0.2, 0) is 4.74 Å². The number of aryl methyl sites for hydroxylation is 1. The van der Waals surface area contributed by atoms with E-state index in [1.165, 1.54) is 5.56 Å². The summed E-state index contributed by atoms with van der Waals surface area (Å²) in [5.74, 6) is 0.918. The van der Waals surface area contributed by atoms with Crippen molar-refractivity contribution in [1.82, 2.24) is 4.98 Å². The van der Waals surface area contributed by atoms with Crippen LogP contribution in [0, 0.1) is 6.92 Å². The molecule has 0 atom stereocenters. The third kappa shape index (κ3) is 3.64. The smallest absolute Gasteiger partial charge is 0.126 e. The van der Waals surface area contributed by atoms with Gasteiger partial charge >= 0.3 is 0 Å². The Labute approximate surface area is 93.0 Å². The highest BCUT2D eigenvalue weighted by Crippen LogP contribution is 2.16. The summed E-state index contributed by atoms with van der Waals surface area (Å²) in [6.07, 6.45) is 2.81. The summed E-state index contributed by atoms with van der Waals surface area (Å²) >= 11 is 3.41. The first-order valence-corrected chi connectivity index (χ1v) is 5.38. The lowest BCUT2D eigenvalue weighted by Gasteiger charge is -2.06. The molecule has 0 aliphatic heterocycles. The van der Waals surface area contributed by atoms with Crippen molar-refractivity contribution in [3.63, 3.8) is 0 Å². The van der Waals surface area contributed by atoms with Gasteiger partial charge in [0, 0.05) is 30.9 Å². The zero-order valence-electron chi connectivity index (χ0n) is 8.51. The molecule has 0 saturated carbocycles. The molecule has 0 amide bonds. The van der Waals surface area contributed by atoms with E-state index in [4.69, 9.17) is 4.74 Å². The van der Waals surface area contributed by atoms with Gasteiger partial charge in [-0.3, -0.25) is 0 Å². The molecule has 14 heavy (non-hydrogen) atoms. The minimum atomic E-state index is 0.780. The summed E-state index contributed by atoms with van der Waals surface area (Å²) in [5, 5.41) is 3.24. The number of ether oxygens (including phenoxy) is 1. The number of nitrogens with one attached hydrogen (secondary N) is 1.